The summed E-state index contributed by atoms with van der Waals surface area (Å²) in [4.78, 5) is 44.1. The van der Waals surface area contributed by atoms with Gasteiger partial charge in [0.05, 0.1) is 17.6 Å². The van der Waals surface area contributed by atoms with E-state index in [0.717, 1.165) is 25.7 Å². The van der Waals surface area contributed by atoms with Crippen LogP contribution in [-0.2, 0) is 28.2 Å². The van der Waals surface area contributed by atoms with Crippen LogP contribution in [0.2, 0.25) is 0 Å². The maximum absolute atomic E-state index is 13.6. The number of amides is 2. The Morgan fingerprint density at radius 1 is 1.25 bits per heavy atom. The number of aromatic hydroxyl groups is 1. The van der Waals surface area contributed by atoms with Crippen LogP contribution in [0.25, 0.3) is 0 Å². The van der Waals surface area contributed by atoms with Crippen LogP contribution in [0.5, 0.6) is 5.75 Å². The minimum atomic E-state index is -0.899. The van der Waals surface area contributed by atoms with Gasteiger partial charge in [0.2, 0.25) is 11.7 Å². The number of carbonyl (C=O) groups excluding carboxylic acids is 2. The van der Waals surface area contributed by atoms with Gasteiger partial charge in [0.15, 0.2) is 5.69 Å². The van der Waals surface area contributed by atoms with E-state index >= 15 is 0 Å². The molecule has 2 amide bonds. The topological polar surface area (TPSA) is 123 Å². The number of aromatic nitrogens is 2. The van der Waals surface area contributed by atoms with E-state index in [4.69, 9.17) is 4.74 Å². The Hall–Kier alpha value is -3.27. The van der Waals surface area contributed by atoms with Gasteiger partial charge in [0.1, 0.15) is 11.6 Å². The van der Waals surface area contributed by atoms with Gasteiger partial charge in [-0.2, -0.15) is 0 Å². The van der Waals surface area contributed by atoms with Crippen molar-refractivity contribution in [2.75, 3.05) is 13.7 Å². The third-order valence-corrected chi connectivity index (χ3v) is 7.97. The molecule has 1 aromatic carbocycles. The largest absolute Gasteiger partial charge is 0.501 e. The van der Waals surface area contributed by atoms with Crippen LogP contribution >= 0.6 is 0 Å². The molecule has 2 aliphatic carbocycles. The van der Waals surface area contributed by atoms with Crippen molar-refractivity contribution in [2.24, 2.45) is 11.3 Å². The summed E-state index contributed by atoms with van der Waals surface area (Å²) in [7, 11) is 1.57. The van der Waals surface area contributed by atoms with Crippen LogP contribution in [0.15, 0.2) is 23.0 Å². The highest BCUT2D eigenvalue weighted by molar-refractivity contribution is 5.94. The molecule has 2 bridgehead atoms. The lowest BCUT2D eigenvalue weighted by Crippen LogP contribution is -2.52. The van der Waals surface area contributed by atoms with Crippen LogP contribution in [-0.4, -0.2) is 40.2 Å². The molecule has 192 valence electrons. The number of hydrogen-bond donors (Lipinski definition) is 3. The summed E-state index contributed by atoms with van der Waals surface area (Å²) in [5.41, 5.74) is -1.41. The van der Waals surface area contributed by atoms with Gasteiger partial charge in [-0.1, -0.05) is 12.1 Å². The zero-order chi connectivity index (χ0) is 25.7. The van der Waals surface area contributed by atoms with Crippen molar-refractivity contribution < 1.29 is 23.8 Å². The minimum absolute atomic E-state index is 0.0724. The number of aryl methyl sites for hydroxylation is 1. The molecule has 2 aromatic rings. The summed E-state index contributed by atoms with van der Waals surface area (Å²) in [5, 5.41) is 16.5. The fraction of sp³-hybridized carbons (Fsp3) is 0.538. The summed E-state index contributed by atoms with van der Waals surface area (Å²) in [6, 6.07) is 4.49. The van der Waals surface area contributed by atoms with E-state index in [-0.39, 0.29) is 29.9 Å². The van der Waals surface area contributed by atoms with Crippen molar-refractivity contribution in [2.45, 2.75) is 64.1 Å². The molecule has 2 fully saturated rings. The number of methoxy groups -OCH3 is 1. The van der Waals surface area contributed by atoms with E-state index in [2.05, 4.69) is 15.6 Å². The molecule has 6 rings (SSSR count). The standard InChI is InChI=1S/C26H31FN4O5/c1-15-11-17(3-4-18(15)27)12-28-21(33)19-20(32)22(34)31-13-16-5-7-26(8-6-16,23(31)29-19)30-24(35)25(9-10-25)14-36-2/h3-4,11,16,32H,5-10,12-14H2,1-2H3,(H,28,33)(H,30,35). The zero-order valence-electron chi connectivity index (χ0n) is 20.5. The van der Waals surface area contributed by atoms with Crippen molar-refractivity contribution in [1.82, 2.24) is 20.2 Å². The molecule has 0 unspecified atom stereocenters. The van der Waals surface area contributed by atoms with E-state index in [1.54, 1.807) is 26.2 Å². The molecular formula is C26H31FN4O5. The summed E-state index contributed by atoms with van der Waals surface area (Å²) < 4.78 is 20.3. The Morgan fingerprint density at radius 2 is 1.97 bits per heavy atom. The Balaban J connectivity index is 1.47. The summed E-state index contributed by atoms with van der Waals surface area (Å²) in [6.07, 6.45) is 4.26. The summed E-state index contributed by atoms with van der Waals surface area (Å²) >= 11 is 0. The van der Waals surface area contributed by atoms with E-state index in [0.29, 0.717) is 42.9 Å². The number of nitrogens with zero attached hydrogens (tertiary/aromatic N) is 2. The van der Waals surface area contributed by atoms with E-state index in [9.17, 15) is 23.9 Å². The zero-order valence-corrected chi connectivity index (χ0v) is 20.5. The quantitative estimate of drug-likeness (QED) is 0.538. The Kier molecular flexibility index (Phi) is 6.10. The van der Waals surface area contributed by atoms with Gasteiger partial charge in [-0.05, 0) is 68.6 Å². The molecule has 3 N–H and O–H groups in total. The maximum Gasteiger partial charge on any atom is 0.296 e. The van der Waals surface area contributed by atoms with Crippen molar-refractivity contribution >= 4 is 11.8 Å². The fourth-order valence-corrected chi connectivity index (χ4v) is 5.55. The first-order valence-electron chi connectivity index (χ1n) is 12.4. The van der Waals surface area contributed by atoms with Crippen molar-refractivity contribution in [3.05, 3.63) is 57.0 Å². The van der Waals surface area contributed by atoms with Crippen LogP contribution in [0.3, 0.4) is 0 Å². The van der Waals surface area contributed by atoms with Gasteiger partial charge in [-0.15, -0.1) is 0 Å². The lowest BCUT2D eigenvalue weighted by Gasteiger charge is -2.38. The first-order chi connectivity index (χ1) is 17.2. The second-order valence-corrected chi connectivity index (χ2v) is 10.5. The summed E-state index contributed by atoms with van der Waals surface area (Å²) in [6.45, 7) is 2.40. The van der Waals surface area contributed by atoms with Crippen molar-refractivity contribution in [3.63, 3.8) is 0 Å². The van der Waals surface area contributed by atoms with E-state index in [1.807, 2.05) is 0 Å². The van der Waals surface area contributed by atoms with Gasteiger partial charge < -0.3 is 20.5 Å². The third kappa shape index (κ3) is 4.17. The molecule has 2 saturated carbocycles. The predicted octanol–water partition coefficient (Wildman–Crippen LogP) is 2.27. The molecule has 9 nitrogen and oxygen atoms in total. The van der Waals surface area contributed by atoms with Gasteiger partial charge in [-0.25, -0.2) is 9.37 Å². The molecule has 0 saturated heterocycles. The van der Waals surface area contributed by atoms with Gasteiger partial charge >= 0.3 is 0 Å². The average Bonchev–Trinajstić information content (AvgIpc) is 3.67. The number of ether oxygens (including phenoxy) is 1. The number of rotatable bonds is 7. The maximum atomic E-state index is 13.6. The number of fused-ring (bicyclic) bond motifs is 2. The van der Waals surface area contributed by atoms with Crippen LogP contribution in [0.1, 0.15) is 66.0 Å². The number of halogens is 1. The van der Waals surface area contributed by atoms with Crippen LogP contribution in [0.4, 0.5) is 4.39 Å². The summed E-state index contributed by atoms with van der Waals surface area (Å²) in [5.74, 6) is -1.36. The Labute approximate surface area is 208 Å². The smallest absolute Gasteiger partial charge is 0.296 e. The second kappa shape index (κ2) is 8.99. The number of carbonyl (C=O) groups is 2. The normalized spacial score (nSPS) is 23.5. The monoisotopic (exact) mass is 498 g/mol. The molecule has 10 heteroatoms. The highest BCUT2D eigenvalue weighted by Crippen LogP contribution is 2.49. The molecular weight excluding hydrogens is 467 g/mol. The molecule has 1 aromatic heterocycles. The molecule has 0 radical (unpaired) electrons. The van der Waals surface area contributed by atoms with Gasteiger partial charge in [0, 0.05) is 20.2 Å². The number of hydrogen-bond acceptors (Lipinski definition) is 6. The lowest BCUT2D eigenvalue weighted by atomic mass is 9.77. The molecule has 4 aliphatic rings. The molecule has 0 spiro atoms. The second-order valence-electron chi connectivity index (χ2n) is 10.5. The first kappa shape index (κ1) is 24.4. The Bertz CT molecular complexity index is 1280. The minimum Gasteiger partial charge on any atom is -0.501 e. The SMILES string of the molecule is COCC1(C(=O)NC23CCC(CC2)Cn2c3nc(C(=O)NCc3ccc(F)c(C)c3)c(O)c2=O)CC1. The number of benzene rings is 1. The van der Waals surface area contributed by atoms with Crippen molar-refractivity contribution in [1.29, 1.82) is 0 Å². The van der Waals surface area contributed by atoms with Crippen LogP contribution in [0, 0.1) is 24.1 Å². The predicted molar refractivity (Wildman–Crippen MR) is 128 cm³/mol. The van der Waals surface area contributed by atoms with E-state index in [1.165, 1.54) is 10.6 Å². The molecule has 0 atom stereocenters. The van der Waals surface area contributed by atoms with E-state index < -0.39 is 28.2 Å². The van der Waals surface area contributed by atoms with Gasteiger partial charge in [-0.3, -0.25) is 19.0 Å². The molecule has 36 heavy (non-hydrogen) atoms. The highest BCUT2D eigenvalue weighted by atomic mass is 19.1. The average molecular weight is 499 g/mol. The van der Waals surface area contributed by atoms with Crippen LogP contribution < -0.4 is 16.2 Å². The number of nitrogens with one attached hydrogen (secondary N) is 2. The Morgan fingerprint density at radius 3 is 2.61 bits per heavy atom. The molecule has 3 heterocycles. The van der Waals surface area contributed by atoms with Crippen molar-refractivity contribution in [3.8, 4) is 5.75 Å². The highest BCUT2D eigenvalue weighted by Gasteiger charge is 2.54. The third-order valence-electron chi connectivity index (χ3n) is 7.97. The molecule has 2 aliphatic heterocycles. The lowest BCUT2D eigenvalue weighted by molar-refractivity contribution is -0.131. The fourth-order valence-electron chi connectivity index (χ4n) is 5.55. The van der Waals surface area contributed by atoms with Gasteiger partial charge in [0.25, 0.3) is 11.5 Å². The first-order valence-corrected chi connectivity index (χ1v) is 12.4.